The van der Waals surface area contributed by atoms with E-state index in [9.17, 15) is 14.4 Å². The maximum atomic E-state index is 13.4. The fourth-order valence-electron chi connectivity index (χ4n) is 11.5. The highest BCUT2D eigenvalue weighted by Gasteiger charge is 2.31. The van der Waals surface area contributed by atoms with Crippen molar-refractivity contribution in [3.63, 3.8) is 0 Å². The normalized spacial score (nSPS) is 15.0. The number of benzene rings is 3. The van der Waals surface area contributed by atoms with Gasteiger partial charge in [0, 0.05) is 83.7 Å². The molecular weight excluding hydrogens is 1510 g/mol. The van der Waals surface area contributed by atoms with E-state index >= 15 is 0 Å². The Hall–Kier alpha value is -4.06. The van der Waals surface area contributed by atoms with Crippen molar-refractivity contribution >= 4 is 169 Å². The van der Waals surface area contributed by atoms with Crippen LogP contribution in [0.3, 0.4) is 0 Å². The third-order valence-corrected chi connectivity index (χ3v) is 22.7. The van der Waals surface area contributed by atoms with Crippen LogP contribution >= 0.6 is 151 Å². The van der Waals surface area contributed by atoms with Gasteiger partial charge in [-0.1, -0.05) is 102 Å². The Morgan fingerprint density at radius 1 is 0.562 bits per heavy atom. The molecule has 89 heavy (non-hydrogen) atoms. The summed E-state index contributed by atoms with van der Waals surface area (Å²) in [5.41, 5.74) is 11.6. The van der Waals surface area contributed by atoms with Gasteiger partial charge < -0.3 is 10.2 Å². The van der Waals surface area contributed by atoms with Gasteiger partial charge in [-0.3, -0.25) is 19.8 Å². The van der Waals surface area contributed by atoms with Gasteiger partial charge in [-0.05, 0) is 205 Å². The Morgan fingerprint density at radius 2 is 1.02 bits per heavy atom. The molecule has 468 valence electrons. The minimum absolute atomic E-state index is 0.0158. The van der Waals surface area contributed by atoms with E-state index in [0.717, 1.165) is 113 Å². The SMILES string of the molecule is CCc1c(C(=O)N[C@@H](C)C2CCCCC2)nn(-c2ccc(Cl)cc2Cl)c1-c1ccc(Br)s1.Cc1c(C(=O)N2CCCCC2)nn(-c2ccc(Cl)cc2Cl)c1-c1cc(Br)cs1.Cc1c(C(=O)NN2CCCCC2)nn(-c2ccc(Cl)cc2Cl)c1-c1cc(Br)cs1. The Bertz CT molecular complexity index is 4030. The Morgan fingerprint density at radius 3 is 1.48 bits per heavy atom. The smallest absolute Gasteiger partial charge is 0.286 e. The van der Waals surface area contributed by atoms with Gasteiger partial charge >= 0.3 is 0 Å². The van der Waals surface area contributed by atoms with Crippen molar-refractivity contribution < 1.29 is 14.4 Å². The van der Waals surface area contributed by atoms with E-state index in [2.05, 4.69) is 77.5 Å². The molecule has 0 radical (unpaired) electrons. The van der Waals surface area contributed by atoms with E-state index in [1.54, 1.807) is 84.5 Å². The van der Waals surface area contributed by atoms with Crippen LogP contribution in [0.4, 0.5) is 0 Å². The zero-order valence-corrected chi connectivity index (χ0v) is 60.8. The molecular formula is C64H63Br3Cl6N10O3S3. The molecule has 12 rings (SSSR count). The first-order valence-electron chi connectivity index (χ1n) is 29.4. The zero-order chi connectivity index (χ0) is 63.2. The number of likely N-dealkylation sites (tertiary alicyclic amines) is 1. The number of amides is 3. The molecule has 6 aromatic heterocycles. The highest BCUT2D eigenvalue weighted by atomic mass is 79.9. The van der Waals surface area contributed by atoms with Crippen LogP contribution in [-0.4, -0.2) is 89.2 Å². The maximum Gasteiger partial charge on any atom is 0.286 e. The van der Waals surface area contributed by atoms with Crippen LogP contribution in [0.25, 0.3) is 48.8 Å². The third kappa shape index (κ3) is 16.0. The highest BCUT2D eigenvalue weighted by Crippen LogP contribution is 2.42. The van der Waals surface area contributed by atoms with Gasteiger partial charge in [0.1, 0.15) is 0 Å². The van der Waals surface area contributed by atoms with Crippen molar-refractivity contribution in [1.82, 2.24) is 50.0 Å². The monoisotopic (exact) mass is 1560 g/mol. The molecule has 3 amide bonds. The summed E-state index contributed by atoms with van der Waals surface area (Å²) in [5.74, 6) is 0.182. The number of rotatable bonds is 13. The van der Waals surface area contributed by atoms with Gasteiger partial charge in [-0.2, -0.15) is 15.3 Å². The minimum atomic E-state index is -0.204. The maximum absolute atomic E-state index is 13.4. The summed E-state index contributed by atoms with van der Waals surface area (Å²) < 4.78 is 8.27. The summed E-state index contributed by atoms with van der Waals surface area (Å²) in [7, 11) is 0. The van der Waals surface area contributed by atoms with E-state index in [1.165, 1.54) is 44.9 Å². The van der Waals surface area contributed by atoms with Crippen LogP contribution in [0.5, 0.6) is 0 Å². The molecule has 25 heteroatoms. The van der Waals surface area contributed by atoms with Gasteiger partial charge in [-0.25, -0.2) is 19.1 Å². The van der Waals surface area contributed by atoms with Gasteiger partial charge in [0.15, 0.2) is 17.1 Å². The average Bonchev–Trinajstić information content (AvgIpc) is 1.70. The van der Waals surface area contributed by atoms with Gasteiger partial charge in [0.05, 0.1) is 67.6 Å². The number of nitrogens with one attached hydrogen (secondary N) is 2. The summed E-state index contributed by atoms with van der Waals surface area (Å²) in [6.45, 7) is 11.3. The number of thiophene rings is 3. The van der Waals surface area contributed by atoms with Gasteiger partial charge in [0.2, 0.25) is 0 Å². The second kappa shape index (κ2) is 30.8. The van der Waals surface area contributed by atoms with Crippen molar-refractivity contribution in [2.75, 3.05) is 26.2 Å². The third-order valence-electron chi connectivity index (χ3n) is 16.0. The molecule has 3 fully saturated rings. The molecule has 3 aliphatic rings. The van der Waals surface area contributed by atoms with Crippen LogP contribution < -0.4 is 10.7 Å². The standard InChI is InChI=1S/C24H26BrCl2N3OS.C20H19BrCl2N4OS.C20H18BrCl2N3OS/c1-3-17-22(24(31)28-14(2)15-7-5-4-6-8-15)29-30(19-10-9-16(26)13-18(19)27)23(17)20-11-12-21(25)32-20;1-12-18(20(28)25-26-7-3-2-4-8-26)24-27(16-6-5-14(22)10-15(16)23)19(12)17-9-13(21)11-29-17;1-12-18(20(27)25-7-3-2-4-8-25)24-26(16-6-5-14(22)10-15(16)23)19(12)17-9-13(21)11-28-17/h9-15H,3-8H2,1-2H3,(H,28,31);5-6,9-11H,2-4,7-8H2,1H3,(H,25,28);5-6,9-11H,2-4,7-8H2,1H3/t14-;;/m0../s1. The predicted molar refractivity (Wildman–Crippen MR) is 379 cm³/mol. The predicted octanol–water partition coefficient (Wildman–Crippen LogP) is 20.6. The Labute approximate surface area is 585 Å². The number of halogens is 9. The summed E-state index contributed by atoms with van der Waals surface area (Å²) in [6.07, 6.45) is 13.4. The molecule has 1 aliphatic carbocycles. The largest absolute Gasteiger partial charge is 0.348 e. The Kier molecular flexibility index (Phi) is 23.5. The molecule has 0 spiro atoms. The van der Waals surface area contributed by atoms with Crippen molar-refractivity contribution in [3.05, 3.63) is 166 Å². The van der Waals surface area contributed by atoms with Crippen molar-refractivity contribution in [2.24, 2.45) is 5.92 Å². The number of carbonyl (C=O) groups is 3. The van der Waals surface area contributed by atoms with E-state index < -0.39 is 0 Å². The van der Waals surface area contributed by atoms with Crippen LogP contribution in [-0.2, 0) is 6.42 Å². The van der Waals surface area contributed by atoms with Crippen LogP contribution in [0.1, 0.15) is 133 Å². The molecule has 0 bridgehead atoms. The van der Waals surface area contributed by atoms with Crippen molar-refractivity contribution in [2.45, 2.75) is 111 Å². The number of carbonyl (C=O) groups excluding carboxylic acids is 3. The number of piperidine rings is 2. The summed E-state index contributed by atoms with van der Waals surface area (Å²) >= 11 is 53.1. The number of hydrogen-bond donors (Lipinski definition) is 2. The van der Waals surface area contributed by atoms with Gasteiger partial charge in [0.25, 0.3) is 17.7 Å². The second-order valence-electron chi connectivity index (χ2n) is 22.1. The summed E-state index contributed by atoms with van der Waals surface area (Å²) in [4.78, 5) is 44.5. The molecule has 13 nitrogen and oxygen atoms in total. The quantitative estimate of drug-likeness (QED) is 0.117. The molecule has 0 unspecified atom stereocenters. The summed E-state index contributed by atoms with van der Waals surface area (Å²) in [6, 6.07) is 24.1. The fraction of sp³-hybridized carbons (Fsp3) is 0.344. The number of hydrogen-bond acceptors (Lipinski definition) is 10. The molecule has 3 aromatic carbocycles. The second-order valence-corrected chi connectivity index (χ2v) is 30.7. The first-order valence-corrected chi connectivity index (χ1v) is 36.6. The molecule has 9 aromatic rings. The van der Waals surface area contributed by atoms with E-state index in [1.807, 2.05) is 77.0 Å². The lowest BCUT2D eigenvalue weighted by molar-refractivity contribution is 0.0715. The first-order chi connectivity index (χ1) is 42.8. The van der Waals surface area contributed by atoms with Crippen LogP contribution in [0.15, 0.2) is 102 Å². The topological polar surface area (TPSA) is 135 Å². The zero-order valence-electron chi connectivity index (χ0n) is 49.1. The fourth-order valence-corrected chi connectivity index (χ4v) is 17.4. The van der Waals surface area contributed by atoms with Gasteiger partial charge in [-0.15, -0.1) is 34.0 Å². The van der Waals surface area contributed by atoms with E-state index in [0.29, 0.717) is 76.6 Å². The molecule has 1 saturated carbocycles. The van der Waals surface area contributed by atoms with Crippen molar-refractivity contribution in [3.8, 4) is 48.8 Å². The van der Waals surface area contributed by atoms with Crippen LogP contribution in [0.2, 0.25) is 30.1 Å². The number of nitrogens with zero attached hydrogens (tertiary/aromatic N) is 8. The Balaban J connectivity index is 0.000000147. The minimum Gasteiger partial charge on any atom is -0.348 e. The molecule has 1 atom stereocenters. The van der Waals surface area contributed by atoms with Crippen molar-refractivity contribution in [1.29, 1.82) is 0 Å². The average molecular weight is 1570 g/mol. The van der Waals surface area contributed by atoms with E-state index in [4.69, 9.17) is 79.8 Å². The molecule has 2 saturated heterocycles. The lowest BCUT2D eigenvalue weighted by atomic mass is 9.84. The van der Waals surface area contributed by atoms with E-state index in [-0.39, 0.29) is 23.8 Å². The summed E-state index contributed by atoms with van der Waals surface area (Å²) in [5, 5.41) is 26.5. The first kappa shape index (κ1) is 67.8. The highest BCUT2D eigenvalue weighted by molar-refractivity contribution is 9.11. The molecule has 2 aliphatic heterocycles. The number of aromatic nitrogens is 6. The number of hydrazine groups is 1. The lowest BCUT2D eigenvalue weighted by Gasteiger charge is -2.28. The lowest BCUT2D eigenvalue weighted by Crippen LogP contribution is -2.45. The molecule has 2 N–H and O–H groups in total. The molecule has 8 heterocycles. The van der Waals surface area contributed by atoms with Crippen LogP contribution in [0, 0.1) is 19.8 Å².